The molecular weight excluding hydrogens is 286 g/mol. The number of aryl methyl sites for hydroxylation is 1. The van der Waals surface area contributed by atoms with Crippen molar-refractivity contribution in [2.45, 2.75) is 19.8 Å². The molecule has 0 bridgehead atoms. The van der Waals surface area contributed by atoms with Crippen LogP contribution in [0.3, 0.4) is 0 Å². The van der Waals surface area contributed by atoms with E-state index in [-0.39, 0.29) is 18.3 Å². The van der Waals surface area contributed by atoms with Crippen LogP contribution in [-0.2, 0) is 4.79 Å². The fraction of sp³-hybridized carbons (Fsp3) is 0.562. The molecule has 1 saturated heterocycles. The standard InChI is InChI=1S/C16H25N3O.ClH/c1-13-5-7-15(8-6-13)18-16(20)12-19(2)11-14-4-3-9-17-10-14;/h5-8,14,17H,3-4,9-12H2,1-2H3,(H,18,20);1H. The molecule has 4 nitrogen and oxygen atoms in total. The van der Waals surface area contributed by atoms with Crippen molar-refractivity contribution in [3.63, 3.8) is 0 Å². The summed E-state index contributed by atoms with van der Waals surface area (Å²) in [6.07, 6.45) is 2.50. The first-order valence-corrected chi connectivity index (χ1v) is 7.39. The molecule has 1 aliphatic rings. The van der Waals surface area contributed by atoms with Gasteiger partial charge in [0.2, 0.25) is 5.91 Å². The molecule has 1 heterocycles. The van der Waals surface area contributed by atoms with E-state index in [2.05, 4.69) is 15.5 Å². The summed E-state index contributed by atoms with van der Waals surface area (Å²) in [5, 5.41) is 6.35. The number of hydrogen-bond acceptors (Lipinski definition) is 3. The Balaban J connectivity index is 0.00000220. The molecule has 1 aromatic rings. The summed E-state index contributed by atoms with van der Waals surface area (Å²) in [7, 11) is 2.02. The Bertz CT molecular complexity index is 430. The number of nitrogens with one attached hydrogen (secondary N) is 2. The van der Waals surface area contributed by atoms with Crippen LogP contribution < -0.4 is 10.6 Å². The van der Waals surface area contributed by atoms with Gasteiger partial charge >= 0.3 is 0 Å². The second-order valence-electron chi connectivity index (χ2n) is 5.82. The summed E-state index contributed by atoms with van der Waals surface area (Å²) >= 11 is 0. The topological polar surface area (TPSA) is 44.4 Å². The summed E-state index contributed by atoms with van der Waals surface area (Å²) in [6.45, 7) is 5.67. The Morgan fingerprint density at radius 3 is 2.71 bits per heavy atom. The molecule has 0 saturated carbocycles. The summed E-state index contributed by atoms with van der Waals surface area (Å²) in [5.41, 5.74) is 2.07. The van der Waals surface area contributed by atoms with Gasteiger partial charge in [0.15, 0.2) is 0 Å². The third-order valence-corrected chi connectivity index (χ3v) is 3.72. The van der Waals surface area contributed by atoms with Crippen molar-refractivity contribution in [3.8, 4) is 0 Å². The lowest BCUT2D eigenvalue weighted by molar-refractivity contribution is -0.117. The molecule has 1 atom stereocenters. The third kappa shape index (κ3) is 6.46. The van der Waals surface area contributed by atoms with Gasteiger partial charge < -0.3 is 10.6 Å². The summed E-state index contributed by atoms with van der Waals surface area (Å²) in [5.74, 6) is 0.723. The number of likely N-dealkylation sites (N-methyl/N-ethyl adjacent to an activating group) is 1. The Morgan fingerprint density at radius 2 is 2.10 bits per heavy atom. The number of halogens is 1. The first-order valence-electron chi connectivity index (χ1n) is 7.39. The molecule has 0 spiro atoms. The predicted octanol–water partition coefficient (Wildman–Crippen LogP) is 2.29. The van der Waals surface area contributed by atoms with Gasteiger partial charge in [0.25, 0.3) is 0 Å². The maximum absolute atomic E-state index is 12.0. The van der Waals surface area contributed by atoms with Gasteiger partial charge in [0, 0.05) is 12.2 Å². The molecule has 1 unspecified atom stereocenters. The average molecular weight is 312 g/mol. The van der Waals surface area contributed by atoms with E-state index in [1.165, 1.54) is 18.4 Å². The monoisotopic (exact) mass is 311 g/mol. The van der Waals surface area contributed by atoms with Gasteiger partial charge in [-0.3, -0.25) is 9.69 Å². The minimum atomic E-state index is 0. The summed E-state index contributed by atoms with van der Waals surface area (Å²) < 4.78 is 0. The lowest BCUT2D eigenvalue weighted by atomic mass is 9.99. The number of amides is 1. The molecule has 1 aromatic carbocycles. The van der Waals surface area contributed by atoms with E-state index in [9.17, 15) is 4.79 Å². The van der Waals surface area contributed by atoms with E-state index in [0.29, 0.717) is 12.5 Å². The number of hydrogen-bond donors (Lipinski definition) is 2. The number of anilines is 1. The lowest BCUT2D eigenvalue weighted by Crippen LogP contribution is -2.39. The second kappa shape index (κ2) is 9.03. The van der Waals surface area contributed by atoms with Crippen molar-refractivity contribution in [2.24, 2.45) is 5.92 Å². The highest BCUT2D eigenvalue weighted by Gasteiger charge is 2.16. The van der Waals surface area contributed by atoms with Crippen LogP contribution in [0.2, 0.25) is 0 Å². The maximum Gasteiger partial charge on any atom is 0.238 e. The molecule has 5 heteroatoms. The highest BCUT2D eigenvalue weighted by molar-refractivity contribution is 5.92. The predicted molar refractivity (Wildman–Crippen MR) is 90.1 cm³/mol. The second-order valence-corrected chi connectivity index (χ2v) is 5.82. The smallest absolute Gasteiger partial charge is 0.238 e. The van der Waals surface area contributed by atoms with Crippen LogP contribution in [-0.4, -0.2) is 44.0 Å². The first kappa shape index (κ1) is 18.0. The highest BCUT2D eigenvalue weighted by atomic mass is 35.5. The molecule has 2 N–H and O–H groups in total. The fourth-order valence-electron chi connectivity index (χ4n) is 2.67. The zero-order chi connectivity index (χ0) is 14.4. The van der Waals surface area contributed by atoms with Crippen LogP contribution in [0.5, 0.6) is 0 Å². The Kier molecular flexibility index (Phi) is 7.72. The summed E-state index contributed by atoms with van der Waals surface area (Å²) in [4.78, 5) is 14.1. The molecule has 0 aliphatic carbocycles. The van der Waals surface area contributed by atoms with Gasteiger partial charge in [-0.05, 0) is 58.0 Å². The molecule has 118 valence electrons. The van der Waals surface area contributed by atoms with E-state index >= 15 is 0 Å². The number of piperidine rings is 1. The number of nitrogens with zero attached hydrogens (tertiary/aromatic N) is 1. The van der Waals surface area contributed by atoms with Crippen molar-refractivity contribution in [3.05, 3.63) is 29.8 Å². The minimum absolute atomic E-state index is 0. The molecule has 21 heavy (non-hydrogen) atoms. The van der Waals surface area contributed by atoms with Gasteiger partial charge in [-0.1, -0.05) is 17.7 Å². The van der Waals surface area contributed by atoms with Crippen molar-refractivity contribution in [1.82, 2.24) is 10.2 Å². The Morgan fingerprint density at radius 1 is 1.38 bits per heavy atom. The quantitative estimate of drug-likeness (QED) is 0.877. The number of rotatable bonds is 5. The third-order valence-electron chi connectivity index (χ3n) is 3.72. The van der Waals surface area contributed by atoms with E-state index in [1.807, 2.05) is 38.2 Å². The van der Waals surface area contributed by atoms with Gasteiger partial charge in [0.05, 0.1) is 6.54 Å². The van der Waals surface area contributed by atoms with Crippen LogP contribution in [0.15, 0.2) is 24.3 Å². The Hall–Kier alpha value is -1.10. The molecule has 0 radical (unpaired) electrons. The minimum Gasteiger partial charge on any atom is -0.325 e. The van der Waals surface area contributed by atoms with Crippen LogP contribution in [0.4, 0.5) is 5.69 Å². The van der Waals surface area contributed by atoms with Crippen LogP contribution in [0.1, 0.15) is 18.4 Å². The van der Waals surface area contributed by atoms with E-state index in [1.54, 1.807) is 0 Å². The van der Waals surface area contributed by atoms with Crippen molar-refractivity contribution < 1.29 is 4.79 Å². The normalized spacial score (nSPS) is 18.1. The molecule has 1 fully saturated rings. The number of benzene rings is 1. The van der Waals surface area contributed by atoms with Crippen LogP contribution in [0, 0.1) is 12.8 Å². The van der Waals surface area contributed by atoms with Crippen molar-refractivity contribution in [1.29, 1.82) is 0 Å². The fourth-order valence-corrected chi connectivity index (χ4v) is 2.67. The largest absolute Gasteiger partial charge is 0.325 e. The SMILES string of the molecule is Cc1ccc(NC(=O)CN(C)CC2CCCNC2)cc1.Cl. The van der Waals surface area contributed by atoms with E-state index in [0.717, 1.165) is 25.3 Å². The number of carbonyl (C=O) groups is 1. The van der Waals surface area contributed by atoms with Crippen LogP contribution >= 0.6 is 12.4 Å². The first-order chi connectivity index (χ1) is 9.63. The molecule has 1 amide bonds. The zero-order valence-electron chi connectivity index (χ0n) is 12.9. The molecule has 2 rings (SSSR count). The van der Waals surface area contributed by atoms with Gasteiger partial charge in [0.1, 0.15) is 0 Å². The van der Waals surface area contributed by atoms with Gasteiger partial charge in [-0.25, -0.2) is 0 Å². The maximum atomic E-state index is 12.0. The van der Waals surface area contributed by atoms with Crippen molar-refractivity contribution in [2.75, 3.05) is 38.5 Å². The van der Waals surface area contributed by atoms with E-state index < -0.39 is 0 Å². The molecule has 0 aromatic heterocycles. The highest BCUT2D eigenvalue weighted by Crippen LogP contribution is 2.11. The average Bonchev–Trinajstić information content (AvgIpc) is 2.42. The van der Waals surface area contributed by atoms with Gasteiger partial charge in [-0.15, -0.1) is 12.4 Å². The molecule has 1 aliphatic heterocycles. The van der Waals surface area contributed by atoms with E-state index in [4.69, 9.17) is 0 Å². The van der Waals surface area contributed by atoms with Crippen LogP contribution in [0.25, 0.3) is 0 Å². The lowest BCUT2D eigenvalue weighted by Gasteiger charge is -2.27. The molecular formula is C16H26ClN3O. The number of carbonyl (C=O) groups excluding carboxylic acids is 1. The van der Waals surface area contributed by atoms with Crippen molar-refractivity contribution >= 4 is 24.0 Å². The summed E-state index contributed by atoms with van der Waals surface area (Å²) in [6, 6.07) is 7.90. The zero-order valence-corrected chi connectivity index (χ0v) is 13.7. The Labute approximate surface area is 133 Å². The van der Waals surface area contributed by atoms with Gasteiger partial charge in [-0.2, -0.15) is 0 Å².